The lowest BCUT2D eigenvalue weighted by atomic mass is 9.95. The zero-order valence-electron chi connectivity index (χ0n) is 17.7. The van der Waals surface area contributed by atoms with E-state index in [9.17, 15) is 26.7 Å². The first-order valence-corrected chi connectivity index (χ1v) is 9.52. The zero-order valence-corrected chi connectivity index (χ0v) is 17.7. The minimum atomic E-state index is -5.75. The molecule has 0 unspecified atom stereocenters. The first-order valence-electron chi connectivity index (χ1n) is 9.52. The van der Waals surface area contributed by atoms with Gasteiger partial charge in [0.2, 0.25) is 5.88 Å². The van der Waals surface area contributed by atoms with Crippen molar-refractivity contribution >= 4 is 5.97 Å². The zero-order chi connectivity index (χ0) is 24.6. The van der Waals surface area contributed by atoms with E-state index in [2.05, 4.69) is 15.0 Å². The number of pyridine rings is 2. The van der Waals surface area contributed by atoms with Gasteiger partial charge in [-0.1, -0.05) is 6.07 Å². The topological polar surface area (TPSA) is 101 Å². The maximum absolute atomic E-state index is 13.5. The molecule has 7 nitrogen and oxygen atoms in total. The third kappa shape index (κ3) is 4.94. The van der Waals surface area contributed by atoms with Crippen molar-refractivity contribution in [3.63, 3.8) is 0 Å². The molecule has 3 rings (SSSR count). The van der Waals surface area contributed by atoms with E-state index in [-0.39, 0.29) is 24.0 Å². The quantitative estimate of drug-likeness (QED) is 0.472. The molecular weight excluding hydrogens is 451 g/mol. The van der Waals surface area contributed by atoms with Gasteiger partial charge < -0.3 is 14.8 Å². The van der Waals surface area contributed by atoms with Gasteiger partial charge in [-0.25, -0.2) is 9.97 Å². The Kier molecular flexibility index (Phi) is 6.14. The molecule has 0 fully saturated rings. The van der Waals surface area contributed by atoms with Gasteiger partial charge in [0.15, 0.2) is 5.82 Å². The number of aromatic amines is 1. The SMILES string of the molecule is Cc1cc(OCC(C)(C)C(=O)O)ncc1-c1ccc(-c2ncc(C(F)(F)C(F)(F)F)[nH]2)nc1. The molecule has 0 aliphatic rings. The van der Waals surface area contributed by atoms with Crippen LogP contribution in [0.3, 0.4) is 0 Å². The van der Waals surface area contributed by atoms with Gasteiger partial charge in [0.25, 0.3) is 0 Å². The third-order valence-electron chi connectivity index (χ3n) is 4.83. The Balaban J connectivity index is 1.78. The summed E-state index contributed by atoms with van der Waals surface area (Å²) in [6.45, 7) is 4.74. The predicted molar refractivity (Wildman–Crippen MR) is 107 cm³/mol. The Morgan fingerprint density at radius 2 is 1.76 bits per heavy atom. The number of rotatable bonds is 7. The summed E-state index contributed by atoms with van der Waals surface area (Å²) in [5, 5.41) is 9.15. The first-order chi connectivity index (χ1) is 15.2. The smallest absolute Gasteiger partial charge is 0.459 e. The highest BCUT2D eigenvalue weighted by Gasteiger charge is 2.60. The molecule has 12 heteroatoms. The van der Waals surface area contributed by atoms with E-state index in [1.165, 1.54) is 32.3 Å². The van der Waals surface area contributed by atoms with Crippen molar-refractivity contribution < 1.29 is 36.6 Å². The Morgan fingerprint density at radius 3 is 2.30 bits per heavy atom. The van der Waals surface area contributed by atoms with E-state index in [1.807, 2.05) is 4.98 Å². The number of aryl methyl sites for hydroxylation is 1. The van der Waals surface area contributed by atoms with E-state index < -0.39 is 29.2 Å². The maximum Gasteiger partial charge on any atom is 0.459 e. The molecule has 3 aromatic rings. The fourth-order valence-corrected chi connectivity index (χ4v) is 2.68. The molecule has 3 aromatic heterocycles. The maximum atomic E-state index is 13.5. The Bertz CT molecular complexity index is 1160. The number of alkyl halides is 5. The molecule has 0 aliphatic heterocycles. The normalized spacial score (nSPS) is 12.6. The van der Waals surface area contributed by atoms with Gasteiger partial charge in [-0.15, -0.1) is 0 Å². The number of imidazole rings is 1. The molecule has 0 amide bonds. The van der Waals surface area contributed by atoms with Crippen LogP contribution in [0.4, 0.5) is 22.0 Å². The van der Waals surface area contributed by atoms with Crippen LogP contribution < -0.4 is 4.74 Å². The average Bonchev–Trinajstić information content (AvgIpc) is 3.23. The van der Waals surface area contributed by atoms with E-state index in [0.29, 0.717) is 17.3 Å². The molecule has 3 heterocycles. The van der Waals surface area contributed by atoms with E-state index in [0.717, 1.165) is 5.56 Å². The largest absolute Gasteiger partial charge is 0.481 e. The van der Waals surface area contributed by atoms with Gasteiger partial charge in [0.1, 0.15) is 18.0 Å². The van der Waals surface area contributed by atoms with Gasteiger partial charge in [-0.3, -0.25) is 9.78 Å². The Labute approximate surface area is 184 Å². The molecule has 0 atom stereocenters. The number of nitrogens with zero attached hydrogens (tertiary/aromatic N) is 3. The summed E-state index contributed by atoms with van der Waals surface area (Å²) >= 11 is 0. The fourth-order valence-electron chi connectivity index (χ4n) is 2.68. The summed E-state index contributed by atoms with van der Waals surface area (Å²) in [6.07, 6.45) is -2.42. The standard InChI is InChI=1S/C21H19F5N4O3/c1-11-6-16(33-10-19(2,3)18(31)32)28-8-13(11)12-4-5-14(27-7-12)17-29-9-15(30-17)20(22,23)21(24,25)26/h4-9H,10H2,1-3H3,(H,29,30)(H,31,32). The lowest BCUT2D eigenvalue weighted by Crippen LogP contribution is -2.33. The van der Waals surface area contributed by atoms with Crippen molar-refractivity contribution in [1.29, 1.82) is 0 Å². The fraction of sp³-hybridized carbons (Fsp3) is 0.333. The molecule has 0 aromatic carbocycles. The van der Waals surface area contributed by atoms with Crippen molar-refractivity contribution in [3.05, 3.63) is 48.0 Å². The lowest BCUT2D eigenvalue weighted by Gasteiger charge is -2.19. The number of ether oxygens (including phenoxy) is 1. The van der Waals surface area contributed by atoms with Gasteiger partial charge in [0, 0.05) is 29.6 Å². The number of carboxylic acids is 1. The van der Waals surface area contributed by atoms with Crippen molar-refractivity contribution in [2.75, 3.05) is 6.61 Å². The van der Waals surface area contributed by atoms with Crippen LogP contribution in [0.5, 0.6) is 5.88 Å². The number of H-pyrrole nitrogens is 1. The summed E-state index contributed by atoms with van der Waals surface area (Å²) in [4.78, 5) is 25.0. The second kappa shape index (κ2) is 8.41. The second-order valence-corrected chi connectivity index (χ2v) is 7.96. The summed E-state index contributed by atoms with van der Waals surface area (Å²) in [6, 6.07) is 4.63. The lowest BCUT2D eigenvalue weighted by molar-refractivity contribution is -0.290. The van der Waals surface area contributed by atoms with Gasteiger partial charge in [0.05, 0.1) is 11.6 Å². The molecule has 0 spiro atoms. The van der Waals surface area contributed by atoms with Crippen molar-refractivity contribution in [2.24, 2.45) is 5.41 Å². The number of carbonyl (C=O) groups is 1. The summed E-state index contributed by atoms with van der Waals surface area (Å²) in [7, 11) is 0. The molecule has 2 N–H and O–H groups in total. The number of hydrogen-bond acceptors (Lipinski definition) is 5. The van der Waals surface area contributed by atoms with Crippen molar-refractivity contribution in [1.82, 2.24) is 19.9 Å². The number of aromatic nitrogens is 4. The minimum absolute atomic E-state index is 0.0736. The number of hydrogen-bond donors (Lipinski definition) is 2. The van der Waals surface area contributed by atoms with Crippen LogP contribution in [0, 0.1) is 12.3 Å². The van der Waals surface area contributed by atoms with Crippen LogP contribution in [-0.4, -0.2) is 43.8 Å². The molecule has 0 radical (unpaired) electrons. The van der Waals surface area contributed by atoms with Gasteiger partial charge in [-0.05, 0) is 32.4 Å². The molecule has 176 valence electrons. The van der Waals surface area contributed by atoms with Crippen LogP contribution in [0.1, 0.15) is 25.1 Å². The van der Waals surface area contributed by atoms with Crippen LogP contribution in [0.25, 0.3) is 22.6 Å². The minimum Gasteiger partial charge on any atom is -0.481 e. The highest BCUT2D eigenvalue weighted by atomic mass is 19.4. The number of halogens is 5. The molecular formula is C21H19F5N4O3. The van der Waals surface area contributed by atoms with E-state index in [1.54, 1.807) is 19.1 Å². The average molecular weight is 470 g/mol. The van der Waals surface area contributed by atoms with E-state index in [4.69, 9.17) is 9.84 Å². The number of carboxylic acid groups (broad SMARTS) is 1. The third-order valence-corrected chi connectivity index (χ3v) is 4.83. The van der Waals surface area contributed by atoms with E-state index >= 15 is 0 Å². The monoisotopic (exact) mass is 470 g/mol. The molecule has 0 aliphatic carbocycles. The Hall–Kier alpha value is -3.57. The first kappa shape index (κ1) is 24.1. The van der Waals surface area contributed by atoms with Crippen LogP contribution in [0.15, 0.2) is 36.8 Å². The summed E-state index contributed by atoms with van der Waals surface area (Å²) in [5.74, 6) is -6.07. The molecule has 0 bridgehead atoms. The van der Waals surface area contributed by atoms with Gasteiger partial charge >= 0.3 is 18.1 Å². The highest BCUT2D eigenvalue weighted by Crippen LogP contribution is 2.43. The van der Waals surface area contributed by atoms with Gasteiger partial charge in [-0.2, -0.15) is 22.0 Å². The highest BCUT2D eigenvalue weighted by molar-refractivity contribution is 5.73. The van der Waals surface area contributed by atoms with Crippen LogP contribution in [0.2, 0.25) is 0 Å². The van der Waals surface area contributed by atoms with Crippen molar-refractivity contribution in [2.45, 2.75) is 32.9 Å². The molecule has 0 saturated heterocycles. The molecule has 33 heavy (non-hydrogen) atoms. The number of aliphatic carboxylic acids is 1. The molecule has 0 saturated carbocycles. The van der Waals surface area contributed by atoms with Crippen LogP contribution >= 0.6 is 0 Å². The summed E-state index contributed by atoms with van der Waals surface area (Å²) < 4.78 is 70.0. The van der Waals surface area contributed by atoms with Crippen molar-refractivity contribution in [3.8, 4) is 28.5 Å². The van der Waals surface area contributed by atoms with Crippen LogP contribution in [-0.2, 0) is 10.7 Å². The Morgan fingerprint density at radius 1 is 1.06 bits per heavy atom. The predicted octanol–water partition coefficient (Wildman–Crippen LogP) is 4.99. The summed E-state index contributed by atoms with van der Waals surface area (Å²) in [5.41, 5.74) is -0.380. The number of nitrogens with one attached hydrogen (secondary N) is 1. The second-order valence-electron chi connectivity index (χ2n) is 7.96.